The molecule has 0 amide bonds. The Kier molecular flexibility index (Phi) is 5.37. The summed E-state index contributed by atoms with van der Waals surface area (Å²) < 4.78 is 39.2. The molecule has 3 heterocycles. The highest BCUT2D eigenvalue weighted by molar-refractivity contribution is 7.89. The van der Waals surface area contributed by atoms with Gasteiger partial charge in [0, 0.05) is 25.7 Å². The zero-order valence-corrected chi connectivity index (χ0v) is 18.0. The van der Waals surface area contributed by atoms with E-state index in [1.165, 1.54) is 4.31 Å². The number of benzene rings is 1. The quantitative estimate of drug-likeness (QED) is 0.608. The number of rotatable bonds is 5. The molecule has 3 aromatic rings. The largest absolute Gasteiger partial charge is 0.497 e. The Morgan fingerprint density at radius 2 is 1.97 bits per heavy atom. The van der Waals surface area contributed by atoms with Gasteiger partial charge in [-0.05, 0) is 44.7 Å². The SMILES string of the molecule is COc1ccc2c(=O)n(CC3CCN(S(=O)(=O)c4c(C)noc4C)CC3)cnc2c1. The maximum absolute atomic E-state index is 13.0. The number of ether oxygens (including phenoxy) is 1. The molecule has 0 saturated carbocycles. The van der Waals surface area contributed by atoms with E-state index in [2.05, 4.69) is 10.1 Å². The van der Waals surface area contributed by atoms with Gasteiger partial charge in [-0.25, -0.2) is 13.4 Å². The van der Waals surface area contributed by atoms with Crippen LogP contribution in [0.1, 0.15) is 24.3 Å². The Balaban J connectivity index is 1.48. The van der Waals surface area contributed by atoms with Gasteiger partial charge in [0.25, 0.3) is 5.56 Å². The van der Waals surface area contributed by atoms with Crippen LogP contribution in [0.5, 0.6) is 5.75 Å². The molecule has 30 heavy (non-hydrogen) atoms. The summed E-state index contributed by atoms with van der Waals surface area (Å²) in [5, 5.41) is 4.30. The molecular formula is C20H24N4O5S. The molecule has 0 unspecified atom stereocenters. The van der Waals surface area contributed by atoms with E-state index in [1.54, 1.807) is 50.1 Å². The molecule has 2 aromatic heterocycles. The number of methoxy groups -OCH3 is 1. The monoisotopic (exact) mass is 432 g/mol. The first kappa shape index (κ1) is 20.5. The van der Waals surface area contributed by atoms with Crippen LogP contribution in [0.25, 0.3) is 10.9 Å². The molecule has 1 saturated heterocycles. The standard InChI is InChI=1S/C20H24N4O5S/c1-13-19(14(2)29-22-13)30(26,27)24-8-6-15(7-9-24)11-23-12-21-18-10-16(28-3)4-5-17(18)20(23)25/h4-5,10,12,15H,6-9,11H2,1-3H3. The smallest absolute Gasteiger partial charge is 0.261 e. The number of nitrogens with zero attached hydrogens (tertiary/aromatic N) is 4. The molecule has 9 nitrogen and oxygen atoms in total. The second-order valence-corrected chi connectivity index (χ2v) is 9.46. The predicted molar refractivity (Wildman–Crippen MR) is 110 cm³/mol. The average Bonchev–Trinajstić information content (AvgIpc) is 3.09. The molecule has 0 radical (unpaired) electrons. The number of hydrogen-bond acceptors (Lipinski definition) is 7. The Hall–Kier alpha value is -2.72. The third kappa shape index (κ3) is 3.61. The second-order valence-electron chi connectivity index (χ2n) is 7.59. The molecular weight excluding hydrogens is 408 g/mol. The van der Waals surface area contributed by atoms with Gasteiger partial charge in [-0.15, -0.1) is 0 Å². The first-order chi connectivity index (χ1) is 14.3. The van der Waals surface area contributed by atoms with Gasteiger partial charge in [0.1, 0.15) is 16.3 Å². The van der Waals surface area contributed by atoms with E-state index in [1.807, 2.05) is 0 Å². The van der Waals surface area contributed by atoms with Crippen molar-refractivity contribution in [3.8, 4) is 5.75 Å². The lowest BCUT2D eigenvalue weighted by Gasteiger charge is -2.31. The molecule has 1 aliphatic rings. The number of aromatic nitrogens is 3. The van der Waals surface area contributed by atoms with Crippen LogP contribution in [0, 0.1) is 19.8 Å². The minimum Gasteiger partial charge on any atom is -0.497 e. The van der Waals surface area contributed by atoms with Crippen molar-refractivity contribution in [3.05, 3.63) is 46.3 Å². The molecule has 160 valence electrons. The minimum atomic E-state index is -3.64. The summed E-state index contributed by atoms with van der Waals surface area (Å²) in [6.45, 7) is 4.53. The Bertz CT molecular complexity index is 1220. The van der Waals surface area contributed by atoms with Crippen molar-refractivity contribution in [1.82, 2.24) is 19.0 Å². The van der Waals surface area contributed by atoms with Crippen LogP contribution < -0.4 is 10.3 Å². The van der Waals surface area contributed by atoms with Gasteiger partial charge in [-0.2, -0.15) is 4.31 Å². The molecule has 1 fully saturated rings. The molecule has 0 N–H and O–H groups in total. The van der Waals surface area contributed by atoms with Crippen LogP contribution in [0.3, 0.4) is 0 Å². The van der Waals surface area contributed by atoms with Crippen molar-refractivity contribution < 1.29 is 17.7 Å². The Labute approximate surface area is 174 Å². The third-order valence-electron chi connectivity index (χ3n) is 5.63. The van der Waals surface area contributed by atoms with Crippen LogP contribution >= 0.6 is 0 Å². The van der Waals surface area contributed by atoms with E-state index in [-0.39, 0.29) is 16.4 Å². The second kappa shape index (κ2) is 7.84. The zero-order valence-electron chi connectivity index (χ0n) is 17.2. The molecule has 0 aliphatic carbocycles. The minimum absolute atomic E-state index is 0.103. The van der Waals surface area contributed by atoms with Gasteiger partial charge in [0.05, 0.1) is 24.3 Å². The fraction of sp³-hybridized carbons (Fsp3) is 0.450. The molecule has 4 rings (SSSR count). The highest BCUT2D eigenvalue weighted by atomic mass is 32.2. The van der Waals surface area contributed by atoms with Crippen molar-refractivity contribution in [2.75, 3.05) is 20.2 Å². The van der Waals surface area contributed by atoms with Gasteiger partial charge >= 0.3 is 0 Å². The van der Waals surface area contributed by atoms with Crippen LogP contribution in [0.2, 0.25) is 0 Å². The van der Waals surface area contributed by atoms with E-state index in [9.17, 15) is 13.2 Å². The highest BCUT2D eigenvalue weighted by Gasteiger charge is 2.33. The van der Waals surface area contributed by atoms with Gasteiger partial charge < -0.3 is 9.26 Å². The van der Waals surface area contributed by atoms with Crippen LogP contribution in [0.4, 0.5) is 0 Å². The van der Waals surface area contributed by atoms with Gasteiger partial charge in [0.2, 0.25) is 10.0 Å². The zero-order chi connectivity index (χ0) is 21.5. The highest BCUT2D eigenvalue weighted by Crippen LogP contribution is 2.28. The van der Waals surface area contributed by atoms with Crippen molar-refractivity contribution >= 4 is 20.9 Å². The Morgan fingerprint density at radius 1 is 1.23 bits per heavy atom. The maximum Gasteiger partial charge on any atom is 0.261 e. The van der Waals surface area contributed by atoms with E-state index in [0.717, 1.165) is 0 Å². The fourth-order valence-electron chi connectivity index (χ4n) is 3.98. The summed E-state index contributed by atoms with van der Waals surface area (Å²) in [4.78, 5) is 17.4. The van der Waals surface area contributed by atoms with Crippen molar-refractivity contribution in [3.63, 3.8) is 0 Å². The molecule has 1 aliphatic heterocycles. The number of aryl methyl sites for hydroxylation is 2. The number of piperidine rings is 1. The van der Waals surface area contributed by atoms with Crippen molar-refractivity contribution in [2.45, 2.75) is 38.1 Å². The lowest BCUT2D eigenvalue weighted by molar-refractivity contribution is 0.251. The molecule has 0 bridgehead atoms. The number of fused-ring (bicyclic) bond motifs is 1. The van der Waals surface area contributed by atoms with E-state index < -0.39 is 10.0 Å². The van der Waals surface area contributed by atoms with Crippen LogP contribution in [-0.4, -0.2) is 47.6 Å². The maximum atomic E-state index is 13.0. The van der Waals surface area contributed by atoms with Crippen LogP contribution in [-0.2, 0) is 16.6 Å². The molecule has 0 atom stereocenters. The van der Waals surface area contributed by atoms with Crippen LogP contribution in [0.15, 0.2) is 38.7 Å². The number of hydrogen-bond donors (Lipinski definition) is 0. The van der Waals surface area contributed by atoms with E-state index in [4.69, 9.17) is 9.26 Å². The van der Waals surface area contributed by atoms with Crippen molar-refractivity contribution in [2.24, 2.45) is 5.92 Å². The van der Waals surface area contributed by atoms with Crippen molar-refractivity contribution in [1.29, 1.82) is 0 Å². The summed E-state index contributed by atoms with van der Waals surface area (Å²) in [5.74, 6) is 1.15. The lowest BCUT2D eigenvalue weighted by Crippen LogP contribution is -2.40. The first-order valence-electron chi connectivity index (χ1n) is 9.77. The normalized spacial score (nSPS) is 16.2. The van der Waals surface area contributed by atoms with Gasteiger partial charge in [-0.3, -0.25) is 9.36 Å². The summed E-state index contributed by atoms with van der Waals surface area (Å²) in [6.07, 6.45) is 2.88. The molecule has 0 spiro atoms. The van der Waals surface area contributed by atoms with E-state index >= 15 is 0 Å². The summed E-state index contributed by atoms with van der Waals surface area (Å²) >= 11 is 0. The third-order valence-corrected chi connectivity index (χ3v) is 7.77. The topological polar surface area (TPSA) is 108 Å². The summed E-state index contributed by atoms with van der Waals surface area (Å²) in [7, 11) is -2.07. The number of sulfonamides is 1. The lowest BCUT2D eigenvalue weighted by atomic mass is 9.98. The van der Waals surface area contributed by atoms with Gasteiger partial charge in [-0.1, -0.05) is 5.16 Å². The predicted octanol–water partition coefficient (Wildman–Crippen LogP) is 2.11. The molecule has 10 heteroatoms. The summed E-state index contributed by atoms with van der Waals surface area (Å²) in [5.41, 5.74) is 0.865. The molecule has 1 aromatic carbocycles. The fourth-order valence-corrected chi connectivity index (χ4v) is 5.74. The summed E-state index contributed by atoms with van der Waals surface area (Å²) in [6, 6.07) is 5.20. The van der Waals surface area contributed by atoms with E-state index in [0.29, 0.717) is 60.6 Å². The Morgan fingerprint density at radius 3 is 2.60 bits per heavy atom. The average molecular weight is 433 g/mol. The van der Waals surface area contributed by atoms with Gasteiger partial charge in [0.15, 0.2) is 5.76 Å². The first-order valence-corrected chi connectivity index (χ1v) is 11.2.